The first-order chi connectivity index (χ1) is 12.2. The number of nitrogens with zero attached hydrogens (tertiary/aromatic N) is 4. The fourth-order valence-electron chi connectivity index (χ4n) is 4.10. The summed E-state index contributed by atoms with van der Waals surface area (Å²) in [5.41, 5.74) is 2.54. The van der Waals surface area contributed by atoms with Crippen molar-refractivity contribution in [1.82, 2.24) is 19.5 Å². The smallest absolute Gasteiger partial charge is 0.133 e. The van der Waals surface area contributed by atoms with Crippen molar-refractivity contribution in [1.29, 1.82) is 0 Å². The monoisotopic (exact) mass is 341 g/mol. The highest BCUT2D eigenvalue weighted by atomic mass is 16.5. The molecule has 4 rings (SSSR count). The lowest BCUT2D eigenvalue weighted by atomic mass is 9.90. The molecule has 0 saturated carbocycles. The topological polar surface area (TPSA) is 64.9 Å². The lowest BCUT2D eigenvalue weighted by molar-refractivity contribution is 0.0594. The van der Waals surface area contributed by atoms with Crippen LogP contribution in [0.1, 0.15) is 54.6 Å². The van der Waals surface area contributed by atoms with E-state index in [1.54, 1.807) is 0 Å². The van der Waals surface area contributed by atoms with E-state index in [0.717, 1.165) is 56.4 Å². The molecule has 1 atom stereocenters. The fraction of sp³-hybridized carbons (Fsp3) is 0.632. The molecular weight excluding hydrogens is 314 g/mol. The summed E-state index contributed by atoms with van der Waals surface area (Å²) >= 11 is 0. The zero-order valence-corrected chi connectivity index (χ0v) is 15.2. The van der Waals surface area contributed by atoms with E-state index in [4.69, 9.17) is 9.72 Å². The molecule has 2 aromatic heterocycles. The maximum Gasteiger partial charge on any atom is 0.133 e. The Bertz CT molecular complexity index is 735. The minimum atomic E-state index is 0.157. The van der Waals surface area contributed by atoms with Gasteiger partial charge in [0.05, 0.1) is 6.04 Å². The molecule has 1 saturated heterocycles. The number of aryl methyl sites for hydroxylation is 3. The minimum Gasteiger partial charge on any atom is -0.381 e. The first kappa shape index (κ1) is 16.5. The van der Waals surface area contributed by atoms with Crippen molar-refractivity contribution in [2.75, 3.05) is 18.5 Å². The van der Waals surface area contributed by atoms with Gasteiger partial charge in [-0.15, -0.1) is 0 Å². The van der Waals surface area contributed by atoms with Gasteiger partial charge in [0, 0.05) is 43.9 Å². The predicted molar refractivity (Wildman–Crippen MR) is 96.5 cm³/mol. The zero-order chi connectivity index (χ0) is 17.2. The lowest BCUT2D eigenvalue weighted by Crippen LogP contribution is -2.30. The van der Waals surface area contributed by atoms with Gasteiger partial charge in [-0.1, -0.05) is 0 Å². The van der Waals surface area contributed by atoms with Crippen LogP contribution < -0.4 is 5.32 Å². The maximum absolute atomic E-state index is 5.58. The molecule has 0 aromatic carbocycles. The van der Waals surface area contributed by atoms with E-state index in [0.29, 0.717) is 5.92 Å². The van der Waals surface area contributed by atoms with Crippen LogP contribution in [0.4, 0.5) is 5.82 Å². The van der Waals surface area contributed by atoms with Gasteiger partial charge in [-0.05, 0) is 51.4 Å². The van der Waals surface area contributed by atoms with Gasteiger partial charge in [0.25, 0.3) is 0 Å². The third-order valence-electron chi connectivity index (χ3n) is 5.46. The Balaban J connectivity index is 1.69. The average Bonchev–Trinajstić information content (AvgIpc) is 3.06. The van der Waals surface area contributed by atoms with Crippen LogP contribution in [0.2, 0.25) is 0 Å². The number of rotatable bonds is 4. The van der Waals surface area contributed by atoms with E-state index >= 15 is 0 Å². The van der Waals surface area contributed by atoms with E-state index in [1.165, 1.54) is 24.1 Å². The van der Waals surface area contributed by atoms with Crippen molar-refractivity contribution < 1.29 is 4.74 Å². The van der Waals surface area contributed by atoms with Gasteiger partial charge in [-0.3, -0.25) is 0 Å². The molecule has 0 radical (unpaired) electrons. The molecule has 6 nitrogen and oxygen atoms in total. The highest BCUT2D eigenvalue weighted by molar-refractivity contribution is 5.49. The molecule has 25 heavy (non-hydrogen) atoms. The quantitative estimate of drug-likeness (QED) is 0.926. The van der Waals surface area contributed by atoms with Gasteiger partial charge in [0.2, 0.25) is 0 Å². The maximum atomic E-state index is 5.58. The van der Waals surface area contributed by atoms with Crippen LogP contribution in [0.3, 0.4) is 0 Å². The second-order valence-corrected chi connectivity index (χ2v) is 7.22. The van der Waals surface area contributed by atoms with Crippen LogP contribution >= 0.6 is 0 Å². The molecular formula is C19H27N5O. The van der Waals surface area contributed by atoms with E-state index in [2.05, 4.69) is 26.9 Å². The Morgan fingerprint density at radius 2 is 2.00 bits per heavy atom. The van der Waals surface area contributed by atoms with Crippen molar-refractivity contribution >= 4 is 5.82 Å². The van der Waals surface area contributed by atoms with Crippen LogP contribution in [-0.4, -0.2) is 32.7 Å². The Morgan fingerprint density at radius 3 is 2.76 bits per heavy atom. The van der Waals surface area contributed by atoms with Crippen molar-refractivity contribution in [3.8, 4) is 0 Å². The third kappa shape index (κ3) is 3.40. The van der Waals surface area contributed by atoms with Crippen molar-refractivity contribution in [3.05, 3.63) is 35.3 Å². The molecule has 0 spiro atoms. The molecule has 0 bridgehead atoms. The SMILES string of the molecule is Cc1nc2c(c(N[C@@H](c3nccn3C)C3CCOCC3)n1)CCCC2. The molecule has 0 amide bonds. The Kier molecular flexibility index (Phi) is 4.70. The van der Waals surface area contributed by atoms with Gasteiger partial charge in [0.1, 0.15) is 17.5 Å². The molecule has 1 aliphatic heterocycles. The summed E-state index contributed by atoms with van der Waals surface area (Å²) in [6.07, 6.45) is 10.6. The lowest BCUT2D eigenvalue weighted by Gasteiger charge is -2.32. The summed E-state index contributed by atoms with van der Waals surface area (Å²) in [7, 11) is 2.07. The molecule has 2 aromatic rings. The molecule has 0 unspecified atom stereocenters. The highest BCUT2D eigenvalue weighted by Gasteiger charge is 2.30. The molecule has 1 aliphatic carbocycles. The van der Waals surface area contributed by atoms with Crippen LogP contribution in [0.5, 0.6) is 0 Å². The van der Waals surface area contributed by atoms with Crippen molar-refractivity contribution in [2.45, 2.75) is 51.5 Å². The number of hydrogen-bond donors (Lipinski definition) is 1. The Hall–Kier alpha value is -1.95. The molecule has 1 N–H and O–H groups in total. The van der Waals surface area contributed by atoms with Crippen molar-refractivity contribution in [2.24, 2.45) is 13.0 Å². The summed E-state index contributed by atoms with van der Waals surface area (Å²) in [5.74, 6) is 3.45. The van der Waals surface area contributed by atoms with Gasteiger partial charge in [-0.25, -0.2) is 15.0 Å². The standard InChI is InChI=1S/C19H27N5O/c1-13-21-16-6-4-3-5-15(16)18(22-13)23-17(14-7-11-25-12-8-14)19-20-9-10-24(19)2/h9-10,14,17H,3-8,11-12H2,1-2H3,(H,21,22,23)/t17-/m1/s1. The van der Waals surface area contributed by atoms with Crippen LogP contribution in [-0.2, 0) is 24.6 Å². The Labute approximate surface area is 149 Å². The number of imidazole rings is 1. The van der Waals surface area contributed by atoms with Crippen LogP contribution in [0.15, 0.2) is 12.4 Å². The zero-order valence-electron chi connectivity index (χ0n) is 15.2. The highest BCUT2D eigenvalue weighted by Crippen LogP contribution is 2.34. The van der Waals surface area contributed by atoms with Gasteiger partial charge in [0.15, 0.2) is 0 Å². The summed E-state index contributed by atoms with van der Waals surface area (Å²) in [6, 6.07) is 0.157. The second kappa shape index (κ2) is 7.12. The third-order valence-corrected chi connectivity index (χ3v) is 5.46. The minimum absolute atomic E-state index is 0.157. The van der Waals surface area contributed by atoms with E-state index in [1.807, 2.05) is 19.3 Å². The molecule has 3 heterocycles. The number of ether oxygens (including phenoxy) is 1. The molecule has 2 aliphatic rings. The van der Waals surface area contributed by atoms with E-state index < -0.39 is 0 Å². The fourth-order valence-corrected chi connectivity index (χ4v) is 4.10. The number of fused-ring (bicyclic) bond motifs is 1. The van der Waals surface area contributed by atoms with Gasteiger partial charge < -0.3 is 14.6 Å². The number of hydrogen-bond acceptors (Lipinski definition) is 5. The second-order valence-electron chi connectivity index (χ2n) is 7.22. The number of anilines is 1. The first-order valence-electron chi connectivity index (χ1n) is 9.40. The first-order valence-corrected chi connectivity index (χ1v) is 9.40. The largest absolute Gasteiger partial charge is 0.381 e. The van der Waals surface area contributed by atoms with Crippen LogP contribution in [0.25, 0.3) is 0 Å². The number of aromatic nitrogens is 4. The summed E-state index contributed by atoms with van der Waals surface area (Å²) < 4.78 is 7.70. The molecule has 134 valence electrons. The summed E-state index contributed by atoms with van der Waals surface area (Å²) in [4.78, 5) is 14.1. The Morgan fingerprint density at radius 1 is 1.20 bits per heavy atom. The molecule has 6 heteroatoms. The van der Waals surface area contributed by atoms with Crippen molar-refractivity contribution in [3.63, 3.8) is 0 Å². The van der Waals surface area contributed by atoms with Gasteiger partial charge >= 0.3 is 0 Å². The predicted octanol–water partition coefficient (Wildman–Crippen LogP) is 2.98. The van der Waals surface area contributed by atoms with Gasteiger partial charge in [-0.2, -0.15) is 0 Å². The van der Waals surface area contributed by atoms with Crippen LogP contribution in [0, 0.1) is 12.8 Å². The average molecular weight is 341 g/mol. The van der Waals surface area contributed by atoms with E-state index in [-0.39, 0.29) is 6.04 Å². The number of nitrogens with one attached hydrogen (secondary N) is 1. The normalized spacial score (nSPS) is 19.4. The summed E-state index contributed by atoms with van der Waals surface area (Å²) in [6.45, 7) is 3.65. The van der Waals surface area contributed by atoms with E-state index in [9.17, 15) is 0 Å². The molecule has 1 fully saturated rings. The summed E-state index contributed by atoms with van der Waals surface area (Å²) in [5, 5.41) is 3.77.